The molecule has 1 heterocycles. The smallest absolute Gasteiger partial charge is 0.238 e. The number of halogens is 1. The van der Waals surface area contributed by atoms with Gasteiger partial charge in [0.05, 0.1) is 13.7 Å². The average molecular weight is 399 g/mol. The zero-order chi connectivity index (χ0) is 20.6. The number of hydrogen-bond donors (Lipinski definition) is 1. The third kappa shape index (κ3) is 6.02. The lowest BCUT2D eigenvalue weighted by molar-refractivity contribution is -0.133. The molecule has 2 aromatic carbocycles. The van der Waals surface area contributed by atoms with Gasteiger partial charge in [-0.1, -0.05) is 24.3 Å². The van der Waals surface area contributed by atoms with Crippen LogP contribution in [-0.4, -0.2) is 61.4 Å². The Kier molecular flexibility index (Phi) is 7.19. The Balaban J connectivity index is 1.41. The number of hydrogen-bond acceptors (Lipinski definition) is 4. The van der Waals surface area contributed by atoms with E-state index in [1.54, 1.807) is 19.2 Å². The minimum absolute atomic E-state index is 0.111. The summed E-state index contributed by atoms with van der Waals surface area (Å²) in [6.07, 6.45) is 1.07. The van der Waals surface area contributed by atoms with E-state index in [2.05, 4.69) is 5.32 Å². The van der Waals surface area contributed by atoms with Crippen molar-refractivity contribution in [3.8, 4) is 5.75 Å². The summed E-state index contributed by atoms with van der Waals surface area (Å²) in [5.41, 5.74) is 1.47. The predicted molar refractivity (Wildman–Crippen MR) is 109 cm³/mol. The number of carbonyl (C=O) groups excluding carboxylic acids is 2. The summed E-state index contributed by atoms with van der Waals surface area (Å²) < 4.78 is 18.5. The molecule has 1 aliphatic rings. The zero-order valence-corrected chi connectivity index (χ0v) is 16.6. The number of nitrogens with one attached hydrogen (secondary N) is 1. The van der Waals surface area contributed by atoms with Crippen LogP contribution in [0.4, 0.5) is 10.1 Å². The summed E-state index contributed by atoms with van der Waals surface area (Å²) in [4.78, 5) is 28.5. The predicted octanol–water partition coefficient (Wildman–Crippen LogP) is 2.55. The summed E-state index contributed by atoms with van der Waals surface area (Å²) in [6, 6.07) is 13.5. The van der Waals surface area contributed by atoms with Crippen LogP contribution in [0.1, 0.15) is 12.0 Å². The van der Waals surface area contributed by atoms with Gasteiger partial charge in [0.25, 0.3) is 0 Å². The fraction of sp³-hybridized carbons (Fsp3) is 0.364. The van der Waals surface area contributed by atoms with E-state index in [4.69, 9.17) is 4.74 Å². The molecule has 6 nitrogen and oxygen atoms in total. The van der Waals surface area contributed by atoms with Gasteiger partial charge in [-0.3, -0.25) is 14.5 Å². The molecule has 2 aromatic rings. The summed E-state index contributed by atoms with van der Waals surface area (Å²) in [5.74, 6) is 0.337. The quantitative estimate of drug-likeness (QED) is 0.777. The first-order valence-corrected chi connectivity index (χ1v) is 9.72. The molecule has 1 fully saturated rings. The highest BCUT2D eigenvalue weighted by atomic mass is 19.1. The van der Waals surface area contributed by atoms with Gasteiger partial charge in [0.1, 0.15) is 11.6 Å². The second-order valence-electron chi connectivity index (χ2n) is 7.03. The summed E-state index contributed by atoms with van der Waals surface area (Å²) >= 11 is 0. The molecule has 0 aromatic heterocycles. The number of aryl methyl sites for hydroxylation is 1. The normalized spacial score (nSPS) is 14.5. The van der Waals surface area contributed by atoms with Crippen LogP contribution in [0.15, 0.2) is 48.5 Å². The Bertz CT molecular complexity index is 851. The van der Waals surface area contributed by atoms with E-state index in [0.29, 0.717) is 44.7 Å². The van der Waals surface area contributed by atoms with Crippen molar-refractivity contribution in [2.45, 2.75) is 12.8 Å². The third-order valence-electron chi connectivity index (χ3n) is 5.00. The van der Waals surface area contributed by atoms with Crippen molar-refractivity contribution in [1.29, 1.82) is 0 Å². The lowest BCUT2D eigenvalue weighted by Gasteiger charge is -2.34. The van der Waals surface area contributed by atoms with Crippen molar-refractivity contribution in [3.63, 3.8) is 0 Å². The van der Waals surface area contributed by atoms with E-state index in [9.17, 15) is 14.0 Å². The van der Waals surface area contributed by atoms with Crippen LogP contribution < -0.4 is 10.1 Å². The van der Waals surface area contributed by atoms with Crippen LogP contribution in [0.2, 0.25) is 0 Å². The van der Waals surface area contributed by atoms with Gasteiger partial charge in [-0.25, -0.2) is 4.39 Å². The molecule has 7 heteroatoms. The van der Waals surface area contributed by atoms with E-state index >= 15 is 0 Å². The molecule has 1 saturated heterocycles. The van der Waals surface area contributed by atoms with Crippen LogP contribution in [0, 0.1) is 5.82 Å². The van der Waals surface area contributed by atoms with Crippen LogP contribution in [0.5, 0.6) is 5.75 Å². The molecule has 0 spiro atoms. The molecule has 0 atom stereocenters. The standard InChI is InChI=1S/C22H26FN3O3/c1-29-20-8-3-2-5-17(20)9-10-22(28)26-13-11-25(12-14-26)16-21(27)24-19-7-4-6-18(23)15-19/h2-8,15H,9-14,16H2,1H3,(H,24,27). The fourth-order valence-corrected chi connectivity index (χ4v) is 3.43. The Hall–Kier alpha value is -2.93. The molecule has 2 amide bonds. The van der Waals surface area contributed by atoms with E-state index in [1.165, 1.54) is 12.1 Å². The number of amides is 2. The van der Waals surface area contributed by atoms with E-state index in [1.807, 2.05) is 34.1 Å². The first kappa shape index (κ1) is 20.8. The van der Waals surface area contributed by atoms with Gasteiger partial charge in [0.2, 0.25) is 11.8 Å². The van der Waals surface area contributed by atoms with Gasteiger partial charge in [0.15, 0.2) is 0 Å². The average Bonchev–Trinajstić information content (AvgIpc) is 2.72. The SMILES string of the molecule is COc1ccccc1CCC(=O)N1CCN(CC(=O)Nc2cccc(F)c2)CC1. The van der Waals surface area contributed by atoms with E-state index < -0.39 is 0 Å². The van der Waals surface area contributed by atoms with Crippen molar-refractivity contribution in [2.75, 3.05) is 45.2 Å². The van der Waals surface area contributed by atoms with Crippen LogP contribution in [-0.2, 0) is 16.0 Å². The van der Waals surface area contributed by atoms with Gasteiger partial charge in [-0.2, -0.15) is 0 Å². The van der Waals surface area contributed by atoms with Gasteiger partial charge >= 0.3 is 0 Å². The highest BCUT2D eigenvalue weighted by molar-refractivity contribution is 5.92. The molecule has 0 saturated carbocycles. The molecule has 0 bridgehead atoms. The molecule has 3 rings (SSSR count). The second kappa shape index (κ2) is 10.0. The summed E-state index contributed by atoms with van der Waals surface area (Å²) in [6.45, 7) is 2.68. The highest BCUT2D eigenvalue weighted by Gasteiger charge is 2.22. The number of piperazine rings is 1. The Morgan fingerprint density at radius 2 is 1.83 bits per heavy atom. The number of anilines is 1. The zero-order valence-electron chi connectivity index (χ0n) is 16.6. The van der Waals surface area contributed by atoms with Crippen LogP contribution in [0.3, 0.4) is 0 Å². The maximum absolute atomic E-state index is 13.2. The largest absolute Gasteiger partial charge is 0.496 e. The maximum Gasteiger partial charge on any atom is 0.238 e. The molecular formula is C22H26FN3O3. The Morgan fingerprint density at radius 3 is 2.55 bits per heavy atom. The van der Waals surface area contributed by atoms with Gasteiger partial charge < -0.3 is 15.0 Å². The third-order valence-corrected chi connectivity index (χ3v) is 5.00. The van der Waals surface area contributed by atoms with E-state index in [0.717, 1.165) is 11.3 Å². The second-order valence-corrected chi connectivity index (χ2v) is 7.03. The van der Waals surface area contributed by atoms with Gasteiger partial charge in [-0.05, 0) is 36.2 Å². The van der Waals surface area contributed by atoms with Crippen molar-refractivity contribution < 1.29 is 18.7 Å². The molecule has 1 N–H and O–H groups in total. The fourth-order valence-electron chi connectivity index (χ4n) is 3.43. The minimum atomic E-state index is -0.386. The number of para-hydroxylation sites is 1. The topological polar surface area (TPSA) is 61.9 Å². The minimum Gasteiger partial charge on any atom is -0.496 e. The van der Waals surface area contributed by atoms with Crippen molar-refractivity contribution >= 4 is 17.5 Å². The lowest BCUT2D eigenvalue weighted by Crippen LogP contribution is -2.50. The first-order valence-electron chi connectivity index (χ1n) is 9.72. The molecule has 29 heavy (non-hydrogen) atoms. The molecule has 154 valence electrons. The van der Waals surface area contributed by atoms with Gasteiger partial charge in [0, 0.05) is 38.3 Å². The van der Waals surface area contributed by atoms with Crippen LogP contribution in [0.25, 0.3) is 0 Å². The monoisotopic (exact) mass is 399 g/mol. The maximum atomic E-state index is 13.2. The van der Waals surface area contributed by atoms with E-state index in [-0.39, 0.29) is 24.2 Å². The van der Waals surface area contributed by atoms with Crippen LogP contribution >= 0.6 is 0 Å². The Morgan fingerprint density at radius 1 is 1.07 bits per heavy atom. The molecule has 1 aliphatic heterocycles. The number of carbonyl (C=O) groups is 2. The van der Waals surface area contributed by atoms with Crippen molar-refractivity contribution in [2.24, 2.45) is 0 Å². The molecule has 0 radical (unpaired) electrons. The molecule has 0 aliphatic carbocycles. The number of ether oxygens (including phenoxy) is 1. The highest BCUT2D eigenvalue weighted by Crippen LogP contribution is 2.19. The summed E-state index contributed by atoms with van der Waals surface area (Å²) in [5, 5.41) is 2.70. The Labute approximate surface area is 170 Å². The lowest BCUT2D eigenvalue weighted by atomic mass is 10.1. The first-order chi connectivity index (χ1) is 14.0. The number of methoxy groups -OCH3 is 1. The molecule has 0 unspecified atom stereocenters. The summed E-state index contributed by atoms with van der Waals surface area (Å²) in [7, 11) is 1.63. The van der Waals surface area contributed by atoms with Crippen molar-refractivity contribution in [1.82, 2.24) is 9.80 Å². The van der Waals surface area contributed by atoms with Crippen molar-refractivity contribution in [3.05, 3.63) is 59.9 Å². The number of nitrogens with zero attached hydrogens (tertiary/aromatic N) is 2. The number of benzene rings is 2. The number of rotatable bonds is 7. The molecular weight excluding hydrogens is 373 g/mol. The van der Waals surface area contributed by atoms with Gasteiger partial charge in [-0.15, -0.1) is 0 Å².